The molecule has 0 fully saturated rings. The Bertz CT molecular complexity index is 4470. The zero-order valence-electron chi connectivity index (χ0n) is 61.5. The van der Waals surface area contributed by atoms with E-state index in [1.54, 1.807) is 42.8 Å². The van der Waals surface area contributed by atoms with E-state index in [0.717, 1.165) is 70.9 Å². The Labute approximate surface area is 643 Å². The molecular formula is C70H103ClFN7O22S7. The summed E-state index contributed by atoms with van der Waals surface area (Å²) in [7, 11) is -27.0. The quantitative estimate of drug-likeness (QED) is 0.0104. The third kappa shape index (κ3) is 68.2. The van der Waals surface area contributed by atoms with Crippen LogP contribution < -0.4 is 0 Å². The number of phenols is 1. The normalized spacial score (nSPS) is 12.3. The van der Waals surface area contributed by atoms with Gasteiger partial charge in [0.25, 0.3) is 70.8 Å². The molecule has 0 saturated heterocycles. The Balaban J connectivity index is 0. The minimum atomic E-state index is -4.07. The van der Waals surface area contributed by atoms with Crippen LogP contribution in [0.15, 0.2) is 174 Å². The van der Waals surface area contributed by atoms with Crippen molar-refractivity contribution in [2.45, 2.75) is 113 Å². The fourth-order valence-electron chi connectivity index (χ4n) is 7.72. The number of halogens is 2. The van der Waals surface area contributed by atoms with Gasteiger partial charge in [-0.15, -0.1) is 0 Å². The van der Waals surface area contributed by atoms with E-state index in [9.17, 15) is 68.4 Å². The molecule has 0 bridgehead atoms. The zero-order valence-corrected chi connectivity index (χ0v) is 68.0. The summed E-state index contributed by atoms with van der Waals surface area (Å²) in [6.45, 7) is 16.2. The van der Waals surface area contributed by atoms with Crippen molar-refractivity contribution in [3.8, 4) is 5.75 Å². The van der Waals surface area contributed by atoms with E-state index < -0.39 is 82.4 Å². The molecule has 38 heteroatoms. The van der Waals surface area contributed by atoms with E-state index in [0.29, 0.717) is 94.1 Å². The van der Waals surface area contributed by atoms with Gasteiger partial charge in [-0.3, -0.25) is 66.8 Å². The maximum absolute atomic E-state index is 13.5. The number of aromatic hydroxyl groups is 1. The second-order valence-corrected chi connectivity index (χ2v) is 34.4. The maximum Gasteiger partial charge on any atom is 0.264 e. The van der Waals surface area contributed by atoms with E-state index in [-0.39, 0.29) is 58.8 Å². The Morgan fingerprint density at radius 1 is 0.407 bits per heavy atom. The molecule has 0 spiro atoms. The highest BCUT2D eigenvalue weighted by atomic mass is 35.5. The van der Waals surface area contributed by atoms with E-state index in [1.165, 1.54) is 6.07 Å². The molecule has 0 aliphatic carbocycles. The third-order valence-corrected chi connectivity index (χ3v) is 19.0. The van der Waals surface area contributed by atoms with Crippen molar-refractivity contribution in [3.05, 3.63) is 178 Å². The first-order valence-corrected chi connectivity index (χ1v) is 45.2. The lowest BCUT2D eigenvalue weighted by Gasteiger charge is -2.10. The van der Waals surface area contributed by atoms with Gasteiger partial charge in [0.05, 0.1) is 46.0 Å². The highest BCUT2D eigenvalue weighted by Gasteiger charge is 2.14. The lowest BCUT2D eigenvalue weighted by molar-refractivity contribution is 0.471. The largest absolute Gasteiger partial charge is 0.507 e. The monoisotopic (exact) mass is 1670 g/mol. The summed E-state index contributed by atoms with van der Waals surface area (Å²) in [5.74, 6) is -2.44. The van der Waals surface area contributed by atoms with Gasteiger partial charge in [0, 0.05) is 97.2 Å². The molecule has 606 valence electrons. The molecule has 0 radical (unpaired) electrons. The summed E-state index contributed by atoms with van der Waals surface area (Å²) in [6, 6.07) is 39.0. The Morgan fingerprint density at radius 3 is 1.19 bits per heavy atom. The summed E-state index contributed by atoms with van der Waals surface area (Å²) in [5, 5.41) is 10.5. The number of aliphatic imine (C=N–C) groups is 7. The number of benzene rings is 5. The van der Waals surface area contributed by atoms with E-state index in [4.69, 9.17) is 43.5 Å². The summed E-state index contributed by atoms with van der Waals surface area (Å²) in [6.07, 6.45) is 11.9. The predicted octanol–water partition coefficient (Wildman–Crippen LogP) is 11.9. The standard InChI is InChI=1S/C16H15ClFNO4S.C12H15NO3S.C11H15NO3S.C10H13NO3S.C8H17NO3S.C7H15NO3S.C6H13NO3S/c17-12-4-2-11(3-5-12)16(19-8-1-9-24(21,22)23)14-10-13(18)6-7-15(14)20;14-17(15,16)11-5-10-13-9-4-8-12-6-2-1-3-7-12;1-10(11-6-3-2-4-7-11)12-8-5-9-16(13,14)15;12-15(13,14)8-4-7-11-9-10-5-2-1-3-6-10;1-3-8(4-2)9-6-5-7-13(10,11)12;1-3-7(2)8-5-4-6-12(9,10)11;1-6(2)7-4-3-5-11(8,9)10/h2-7,10,20H,1,8-9H2,(H,21,22,23);1-4,6-9H,5,10-11H2,(H,14,15,16);2-4,6-7H,5,8-9H2,1H3,(H,13,14,15);1-3,5-6,9H,4,7-8H2,(H,12,13,14);3-7H2,1-2H3,(H,10,11,12);3-6H2,1-2H3,(H,9,10,11);3-5H2,1-2H3,(H,8,9,10)/b;8-4+,13-9?;;;;;. The summed E-state index contributed by atoms with van der Waals surface area (Å²) < 4.78 is 218. The average molecular weight is 1670 g/mol. The second kappa shape index (κ2) is 57.0. The first kappa shape index (κ1) is 103. The molecule has 5 rings (SSSR count). The van der Waals surface area contributed by atoms with Crippen molar-refractivity contribution in [1.29, 1.82) is 0 Å². The highest BCUT2D eigenvalue weighted by Crippen LogP contribution is 2.24. The van der Waals surface area contributed by atoms with Crippen LogP contribution in [0.1, 0.15) is 140 Å². The van der Waals surface area contributed by atoms with Crippen LogP contribution in [0.5, 0.6) is 5.75 Å². The van der Waals surface area contributed by atoms with Crippen LogP contribution in [0.2, 0.25) is 5.02 Å². The van der Waals surface area contributed by atoms with Crippen molar-refractivity contribution in [2.24, 2.45) is 34.9 Å². The molecule has 0 aromatic heterocycles. The molecule has 0 heterocycles. The minimum absolute atomic E-state index is 0.0771. The molecule has 8 N–H and O–H groups in total. The first-order valence-electron chi connectivity index (χ1n) is 33.5. The topological polar surface area (TPSA) is 487 Å². The molecular weight excluding hydrogens is 1570 g/mol. The van der Waals surface area contributed by atoms with Crippen molar-refractivity contribution in [3.63, 3.8) is 0 Å². The molecule has 29 nitrogen and oxygen atoms in total. The molecule has 108 heavy (non-hydrogen) atoms. The molecule has 0 unspecified atom stereocenters. The van der Waals surface area contributed by atoms with Gasteiger partial charge in [-0.1, -0.05) is 142 Å². The molecule has 0 amide bonds. The van der Waals surface area contributed by atoms with Crippen LogP contribution in [-0.2, 0) is 70.8 Å². The van der Waals surface area contributed by atoms with Gasteiger partial charge in [0.1, 0.15) is 11.6 Å². The lowest BCUT2D eigenvalue weighted by atomic mass is 10.0. The van der Waals surface area contributed by atoms with Crippen LogP contribution in [0.3, 0.4) is 0 Å². The van der Waals surface area contributed by atoms with Gasteiger partial charge in [0.2, 0.25) is 0 Å². The van der Waals surface area contributed by atoms with E-state index in [1.807, 2.05) is 146 Å². The smallest absolute Gasteiger partial charge is 0.264 e. The van der Waals surface area contributed by atoms with Gasteiger partial charge in [-0.2, -0.15) is 58.9 Å². The Kier molecular flexibility index (Phi) is 54.4. The van der Waals surface area contributed by atoms with Gasteiger partial charge in [-0.05, 0) is 145 Å². The van der Waals surface area contributed by atoms with Gasteiger partial charge in [-0.25, -0.2) is 4.39 Å². The van der Waals surface area contributed by atoms with E-state index in [2.05, 4.69) is 34.9 Å². The fraction of sp³-hybridized carbons (Fsp3) is 0.443. The van der Waals surface area contributed by atoms with Crippen molar-refractivity contribution >= 4 is 129 Å². The van der Waals surface area contributed by atoms with Crippen LogP contribution in [0, 0.1) is 5.82 Å². The fourth-order valence-corrected chi connectivity index (χ4v) is 11.3. The van der Waals surface area contributed by atoms with Gasteiger partial charge >= 0.3 is 0 Å². The van der Waals surface area contributed by atoms with Gasteiger partial charge < -0.3 is 5.11 Å². The summed E-state index contributed by atoms with van der Waals surface area (Å²) in [5.41, 5.74) is 8.04. The van der Waals surface area contributed by atoms with Crippen molar-refractivity contribution in [2.75, 3.05) is 86.1 Å². The maximum atomic E-state index is 13.5. The lowest BCUT2D eigenvalue weighted by Crippen LogP contribution is -2.08. The van der Waals surface area contributed by atoms with E-state index >= 15 is 0 Å². The number of hydrogen-bond donors (Lipinski definition) is 8. The van der Waals surface area contributed by atoms with Crippen LogP contribution in [-0.4, -0.2) is 223 Å². The zero-order chi connectivity index (χ0) is 82.3. The van der Waals surface area contributed by atoms with Crippen LogP contribution in [0.4, 0.5) is 4.39 Å². The molecule has 0 saturated carbocycles. The SMILES string of the molecule is CC(=NCCCS(=O)(=O)O)c1ccccc1.CC(C)=NCCCS(=O)(=O)O.CCC(C)=NCCCS(=O)(=O)O.CCC(CC)=NCCCS(=O)(=O)O.O=S(=O)(O)CCCN=C(c1ccc(Cl)cc1)c1cc(F)ccc1O.O=S(=O)(O)CCCN=C/C=C/c1ccccc1.O=S(=O)(O)CCCN=Cc1ccccc1. The van der Waals surface area contributed by atoms with Crippen molar-refractivity contribution in [1.82, 2.24) is 0 Å². The second-order valence-electron chi connectivity index (χ2n) is 22.9. The molecule has 0 aliphatic heterocycles. The number of rotatable bonds is 37. The van der Waals surface area contributed by atoms with Crippen LogP contribution in [0.25, 0.3) is 6.08 Å². The molecule has 5 aromatic rings. The first-order chi connectivity index (χ1) is 50.3. The number of phenolic OH excluding ortho intramolecular Hbond substituents is 1. The molecule has 0 aliphatic rings. The summed E-state index contributed by atoms with van der Waals surface area (Å²) >= 11 is 5.85. The van der Waals surface area contributed by atoms with Crippen molar-refractivity contribution < 1.29 is 100 Å². The number of hydrogen-bond acceptors (Lipinski definition) is 22. The predicted molar refractivity (Wildman–Crippen MR) is 433 cm³/mol. The number of nitrogens with zero attached hydrogens (tertiary/aromatic N) is 7. The molecule has 5 aromatic carbocycles. The minimum Gasteiger partial charge on any atom is -0.507 e. The Hall–Kier alpha value is -7.08. The van der Waals surface area contributed by atoms with Crippen LogP contribution >= 0.6 is 11.6 Å². The average Bonchev–Trinajstić information content (AvgIpc) is 0.820. The van der Waals surface area contributed by atoms with Gasteiger partial charge in [0.15, 0.2) is 0 Å². The summed E-state index contributed by atoms with van der Waals surface area (Å²) in [4.78, 5) is 28.8. The third-order valence-electron chi connectivity index (χ3n) is 13.1. The number of allylic oxidation sites excluding steroid dienone is 1. The Morgan fingerprint density at radius 2 is 0.778 bits per heavy atom. The molecule has 0 atom stereocenters. The highest BCUT2D eigenvalue weighted by molar-refractivity contribution is 7.87.